The predicted octanol–water partition coefficient (Wildman–Crippen LogP) is 3.65. The lowest BCUT2D eigenvalue weighted by Crippen LogP contribution is -2.57. The van der Waals surface area contributed by atoms with E-state index < -0.39 is 0 Å². The molecule has 1 atom stereocenters. The molecule has 1 N–H and O–H groups in total. The van der Waals surface area contributed by atoms with E-state index in [9.17, 15) is 5.11 Å². The van der Waals surface area contributed by atoms with Crippen LogP contribution in [-0.4, -0.2) is 34.3 Å². The Balaban J connectivity index is 2.26. The molecule has 0 bridgehead atoms. The van der Waals surface area contributed by atoms with E-state index in [1.54, 1.807) is 0 Å². The molecule has 1 fully saturated rings. The molecule has 20 heavy (non-hydrogen) atoms. The summed E-state index contributed by atoms with van der Waals surface area (Å²) in [5.74, 6) is 0.389. The zero-order valence-electron chi connectivity index (χ0n) is 13.5. The second-order valence-electron chi connectivity index (χ2n) is 7.26. The summed E-state index contributed by atoms with van der Waals surface area (Å²) in [5, 5.41) is 10.2. The minimum Gasteiger partial charge on any atom is -0.508 e. The normalized spacial score (nSPS) is 23.5. The minimum absolute atomic E-state index is 0.170. The number of morpholine rings is 1. The lowest BCUT2D eigenvalue weighted by atomic mass is 9.95. The van der Waals surface area contributed by atoms with E-state index in [0.29, 0.717) is 5.75 Å². The van der Waals surface area contributed by atoms with Gasteiger partial charge in [-0.25, -0.2) is 0 Å². The lowest BCUT2D eigenvalue weighted by molar-refractivity contribution is -0.187. The van der Waals surface area contributed by atoms with E-state index in [1.165, 1.54) is 0 Å². The number of rotatable bonds is 2. The van der Waals surface area contributed by atoms with Gasteiger partial charge in [0.1, 0.15) is 5.75 Å². The third-order valence-electron chi connectivity index (χ3n) is 3.90. The molecule has 0 aliphatic carbocycles. The molecule has 1 unspecified atom stereocenters. The highest BCUT2D eigenvalue weighted by Crippen LogP contribution is 2.36. The molecule has 0 radical (unpaired) electrons. The zero-order valence-corrected chi connectivity index (χ0v) is 13.5. The summed E-state index contributed by atoms with van der Waals surface area (Å²) in [4.78, 5) is 2.40. The van der Waals surface area contributed by atoms with Crippen LogP contribution in [0.25, 0.3) is 0 Å². The van der Waals surface area contributed by atoms with Crippen molar-refractivity contribution in [3.63, 3.8) is 0 Å². The molecule has 1 aliphatic heterocycles. The Morgan fingerprint density at radius 2 is 1.70 bits per heavy atom. The number of phenols is 1. The van der Waals surface area contributed by atoms with E-state index in [2.05, 4.69) is 45.6 Å². The quantitative estimate of drug-likeness (QED) is 0.895. The molecule has 0 aromatic heterocycles. The Hall–Kier alpha value is -1.06. The van der Waals surface area contributed by atoms with Gasteiger partial charge < -0.3 is 9.84 Å². The Morgan fingerprint density at radius 3 is 2.20 bits per heavy atom. The average molecular weight is 277 g/mol. The van der Waals surface area contributed by atoms with Gasteiger partial charge in [0.25, 0.3) is 0 Å². The van der Waals surface area contributed by atoms with E-state index in [1.807, 2.05) is 19.1 Å². The number of hydrogen-bond donors (Lipinski definition) is 1. The lowest BCUT2D eigenvalue weighted by Gasteiger charge is -2.49. The third kappa shape index (κ3) is 3.33. The fraction of sp³-hybridized carbons (Fsp3) is 0.647. The fourth-order valence-corrected chi connectivity index (χ4v) is 3.32. The van der Waals surface area contributed by atoms with Gasteiger partial charge in [-0.3, -0.25) is 4.90 Å². The van der Waals surface area contributed by atoms with Gasteiger partial charge in [-0.2, -0.15) is 0 Å². The first-order valence-corrected chi connectivity index (χ1v) is 7.33. The first kappa shape index (κ1) is 15.3. The van der Waals surface area contributed by atoms with Crippen LogP contribution in [0.5, 0.6) is 5.75 Å². The number of aryl methyl sites for hydroxylation is 1. The van der Waals surface area contributed by atoms with Crippen molar-refractivity contribution in [2.45, 2.75) is 58.8 Å². The van der Waals surface area contributed by atoms with Gasteiger partial charge in [0.2, 0.25) is 0 Å². The van der Waals surface area contributed by atoms with Crippen molar-refractivity contribution in [2.24, 2.45) is 0 Å². The second-order valence-corrected chi connectivity index (χ2v) is 7.26. The Kier molecular flexibility index (Phi) is 3.87. The minimum atomic E-state index is -0.170. The summed E-state index contributed by atoms with van der Waals surface area (Å²) in [6, 6.07) is 6.10. The van der Waals surface area contributed by atoms with E-state index in [0.717, 1.165) is 24.2 Å². The molecule has 1 aromatic carbocycles. The summed E-state index contributed by atoms with van der Waals surface area (Å²) in [6.07, 6.45) is 0. The van der Waals surface area contributed by atoms with Crippen molar-refractivity contribution < 1.29 is 9.84 Å². The fourth-order valence-electron chi connectivity index (χ4n) is 3.32. The molecule has 1 saturated heterocycles. The number of phenolic OH excluding ortho intramolecular Hbond substituents is 1. The highest BCUT2D eigenvalue weighted by Gasteiger charge is 2.40. The summed E-state index contributed by atoms with van der Waals surface area (Å²) in [6.45, 7) is 14.4. The average Bonchev–Trinajstić information content (AvgIpc) is 2.23. The van der Waals surface area contributed by atoms with Gasteiger partial charge in [0.05, 0.1) is 11.2 Å². The molecular formula is C17H27NO2. The van der Waals surface area contributed by atoms with Crippen molar-refractivity contribution in [3.8, 4) is 5.75 Å². The molecule has 2 rings (SSSR count). The monoisotopic (exact) mass is 277 g/mol. The van der Waals surface area contributed by atoms with Gasteiger partial charge in [-0.1, -0.05) is 12.1 Å². The maximum absolute atomic E-state index is 10.2. The molecule has 0 saturated carbocycles. The van der Waals surface area contributed by atoms with Gasteiger partial charge in [0, 0.05) is 24.7 Å². The number of hydrogen-bond acceptors (Lipinski definition) is 3. The molecule has 0 spiro atoms. The maximum atomic E-state index is 10.2. The van der Waals surface area contributed by atoms with Crippen molar-refractivity contribution in [1.29, 1.82) is 0 Å². The summed E-state index contributed by atoms with van der Waals surface area (Å²) in [7, 11) is 0. The summed E-state index contributed by atoms with van der Waals surface area (Å²) in [5.41, 5.74) is 1.73. The van der Waals surface area contributed by atoms with Gasteiger partial charge in [-0.05, 0) is 53.2 Å². The molecule has 3 nitrogen and oxygen atoms in total. The van der Waals surface area contributed by atoms with Crippen LogP contribution >= 0.6 is 0 Å². The van der Waals surface area contributed by atoms with Crippen LogP contribution in [0.3, 0.4) is 0 Å². The molecule has 3 heteroatoms. The number of benzene rings is 1. The van der Waals surface area contributed by atoms with Crippen LogP contribution < -0.4 is 0 Å². The van der Waals surface area contributed by atoms with Crippen molar-refractivity contribution >= 4 is 0 Å². The second kappa shape index (κ2) is 5.05. The number of aromatic hydroxyl groups is 1. The first-order valence-electron chi connectivity index (χ1n) is 7.33. The number of nitrogens with zero attached hydrogens (tertiary/aromatic N) is 1. The largest absolute Gasteiger partial charge is 0.508 e. The molecule has 1 aromatic rings. The highest BCUT2D eigenvalue weighted by atomic mass is 16.5. The van der Waals surface area contributed by atoms with Crippen molar-refractivity contribution in [1.82, 2.24) is 4.90 Å². The third-order valence-corrected chi connectivity index (χ3v) is 3.90. The topological polar surface area (TPSA) is 32.7 Å². The molecule has 112 valence electrons. The van der Waals surface area contributed by atoms with Crippen LogP contribution in [-0.2, 0) is 4.74 Å². The van der Waals surface area contributed by atoms with Crippen LogP contribution in [0.15, 0.2) is 18.2 Å². The molecule has 1 heterocycles. The van der Waals surface area contributed by atoms with Gasteiger partial charge in [-0.15, -0.1) is 0 Å². The van der Waals surface area contributed by atoms with Crippen LogP contribution in [0.4, 0.5) is 0 Å². The SMILES string of the molecule is Cc1ccc(C(C)N2CC(C)(C)OC(C)(C)C2)c(O)c1. The first-order chi connectivity index (χ1) is 9.10. The standard InChI is InChI=1S/C17H27NO2/c1-12-7-8-14(15(19)9-12)13(2)18-10-16(3,4)20-17(5,6)11-18/h7-9,13,19H,10-11H2,1-6H3. The molecular weight excluding hydrogens is 250 g/mol. The Bertz CT molecular complexity index is 478. The summed E-state index contributed by atoms with van der Waals surface area (Å²) >= 11 is 0. The Labute approximate surface area is 122 Å². The summed E-state index contributed by atoms with van der Waals surface area (Å²) < 4.78 is 6.12. The van der Waals surface area contributed by atoms with Crippen LogP contribution in [0, 0.1) is 6.92 Å². The highest BCUT2D eigenvalue weighted by molar-refractivity contribution is 5.38. The van der Waals surface area contributed by atoms with Crippen molar-refractivity contribution in [3.05, 3.63) is 29.3 Å². The predicted molar refractivity (Wildman–Crippen MR) is 82.1 cm³/mol. The Morgan fingerprint density at radius 1 is 1.15 bits per heavy atom. The van der Waals surface area contributed by atoms with Crippen molar-refractivity contribution in [2.75, 3.05) is 13.1 Å². The molecule has 1 aliphatic rings. The number of ether oxygens (including phenoxy) is 1. The van der Waals surface area contributed by atoms with E-state index in [4.69, 9.17) is 4.74 Å². The van der Waals surface area contributed by atoms with Crippen LogP contribution in [0.2, 0.25) is 0 Å². The zero-order chi connectivity index (χ0) is 15.1. The molecule has 0 amide bonds. The maximum Gasteiger partial charge on any atom is 0.120 e. The van der Waals surface area contributed by atoms with Crippen LogP contribution in [0.1, 0.15) is 51.8 Å². The van der Waals surface area contributed by atoms with Gasteiger partial charge >= 0.3 is 0 Å². The smallest absolute Gasteiger partial charge is 0.120 e. The van der Waals surface area contributed by atoms with E-state index in [-0.39, 0.29) is 17.2 Å². The van der Waals surface area contributed by atoms with Gasteiger partial charge in [0.15, 0.2) is 0 Å². The van der Waals surface area contributed by atoms with E-state index >= 15 is 0 Å².